The van der Waals surface area contributed by atoms with Gasteiger partial charge in [-0.1, -0.05) is 85.5 Å². The van der Waals surface area contributed by atoms with E-state index < -0.39 is 35.5 Å². The number of hydrogen-bond donors (Lipinski definition) is 6. The van der Waals surface area contributed by atoms with Gasteiger partial charge >= 0.3 is 0 Å². The molecule has 6 unspecified atom stereocenters. The topological polar surface area (TPSA) is 496 Å². The maximum Gasteiger partial charge on any atom is 0.235 e. The Morgan fingerprint density at radius 3 is 1.15 bits per heavy atom. The van der Waals surface area contributed by atoms with Gasteiger partial charge in [0.25, 0.3) is 0 Å². The standard InChI is InChI=1S/2C16H12N2O3.2C14H10N2O4.2C13H10N2O5/c19-13-8-6-11(16(20)17-13)15-14-10-4-2-1-3-9(10)5-7-12(14)21-18-15;19-14-6-5-11(16(20)17-14)15-12-7-9-3-1-2-4-10(9)8-13(12)21-18-15;17-10-4-2-8(14(18)15-10)12-11-9(20-16-12)3-1-7-5-6-19-13(7)11;17-12-2-1-8(14(18)15-12)13-9-5-7-3-4-19-10(7)6-11(9)20-16-13;16-9-4-1-6(13(17)14-9)11-10-7(20-15-11)2-3-8-12(10)19-5-18-8;16-11-2-1-6(13(17)14-11)12-7-3-9-10(19-5-18-9)4-8(7)20-15-12/h1-5,7,11H,6,8H2,(H,17,19,20);1-4,7-8,11H,5-6H2,(H,17,19,20);1,3,5-6,8H,2,4H2,(H,15,17,18);3-6,8H,1-2H2,(H,15,17,18);2-3,6H,1,4-5H2,(H,14,16,17);3-4,6H,1-2,5H2,(H,14,16,17). The smallest absolute Gasteiger partial charge is 0.235 e. The van der Waals surface area contributed by atoms with Crippen LogP contribution in [0.5, 0.6) is 23.0 Å². The molecule has 16 heterocycles. The van der Waals surface area contributed by atoms with Crippen LogP contribution in [0.15, 0.2) is 182 Å². The molecule has 6 fully saturated rings. The van der Waals surface area contributed by atoms with Crippen molar-refractivity contribution in [3.8, 4) is 23.0 Å². The van der Waals surface area contributed by atoms with E-state index in [4.69, 9.17) is 54.9 Å². The van der Waals surface area contributed by atoms with Crippen LogP contribution in [0.3, 0.4) is 0 Å². The Morgan fingerprint density at radius 2 is 0.623 bits per heavy atom. The first kappa shape index (κ1) is 76.2. The molecule has 36 heteroatoms. The summed E-state index contributed by atoms with van der Waals surface area (Å²) in [4.78, 5) is 139. The molecule has 8 aromatic carbocycles. The fraction of sp³-hybridized carbons (Fsp3) is 0.233. The van der Waals surface area contributed by atoms with Crippen molar-refractivity contribution >= 4 is 180 Å². The number of aromatic nitrogens is 6. The third-order valence-electron chi connectivity index (χ3n) is 22.3. The van der Waals surface area contributed by atoms with Gasteiger partial charge in [-0.2, -0.15) is 0 Å². The fourth-order valence-electron chi connectivity index (χ4n) is 16.2. The molecule has 6 atom stereocenters. The Labute approximate surface area is 681 Å². The number of nitrogens with zero attached hydrogens (tertiary/aromatic N) is 6. The number of rotatable bonds is 6. The number of fused-ring (bicyclic) bond motifs is 15. The molecular weight excluding hydrogens is 1590 g/mol. The summed E-state index contributed by atoms with van der Waals surface area (Å²) in [5.41, 5.74) is 8.28. The van der Waals surface area contributed by atoms with E-state index in [0.29, 0.717) is 189 Å². The molecule has 0 aliphatic carbocycles. The van der Waals surface area contributed by atoms with Crippen LogP contribution >= 0.6 is 0 Å². The Bertz CT molecular complexity index is 7070. The van der Waals surface area contributed by atoms with Crippen LogP contribution in [0, 0.1) is 0 Å². The van der Waals surface area contributed by atoms with Gasteiger partial charge in [-0.3, -0.25) is 89.4 Å². The number of carbonyl (C=O) groups excluding carboxylic acids is 12. The summed E-state index contributed by atoms with van der Waals surface area (Å²) >= 11 is 0. The average molecular weight is 1650 g/mol. The Balaban J connectivity index is 0.0000000964. The van der Waals surface area contributed by atoms with Crippen LogP contribution in [0.1, 0.15) is 147 Å². The SMILES string of the molecule is O=C1CCC(c2noc3cc4c(cc23)OCO4)C(=O)N1.O=C1CCC(c2noc3cc4ccccc4cc23)C(=O)N1.O=C1CCC(c2noc3cc4occc4cc23)C(=O)N1.O=C1CCC(c2noc3ccc4c(c23)OCO4)C(=O)N1.O=C1CCC(c2noc3ccc4ccccc4c23)C(=O)N1.O=C1CCC(c2noc3ccc4ccoc4c23)C(=O)N1. The molecule has 8 aliphatic rings. The van der Waals surface area contributed by atoms with Crippen molar-refractivity contribution < 1.29 is 112 Å². The zero-order valence-electron chi connectivity index (χ0n) is 63.7. The van der Waals surface area contributed by atoms with Crippen LogP contribution in [-0.2, 0) is 57.5 Å². The van der Waals surface area contributed by atoms with Crippen LogP contribution in [0.25, 0.3) is 109 Å². The van der Waals surface area contributed by atoms with Gasteiger partial charge in [-0.15, -0.1) is 0 Å². The normalized spacial score (nSPS) is 20.0. The number of ether oxygens (including phenoxy) is 4. The summed E-state index contributed by atoms with van der Waals surface area (Å²) in [6, 6.07) is 41.5. The number of furan rings is 2. The highest BCUT2D eigenvalue weighted by Crippen LogP contribution is 2.46. The lowest BCUT2D eigenvalue weighted by Crippen LogP contribution is -2.39. The Hall–Kier alpha value is -15.8. The zero-order chi connectivity index (χ0) is 83.6. The van der Waals surface area contributed by atoms with E-state index in [1.54, 1.807) is 48.9 Å². The van der Waals surface area contributed by atoms with Crippen molar-refractivity contribution in [2.24, 2.45) is 0 Å². The molecule has 0 bridgehead atoms. The molecule has 12 amide bonds. The van der Waals surface area contributed by atoms with E-state index in [9.17, 15) is 57.5 Å². The molecule has 0 spiro atoms. The van der Waals surface area contributed by atoms with Crippen LogP contribution in [0.2, 0.25) is 0 Å². The summed E-state index contributed by atoms with van der Waals surface area (Å²) in [6.45, 7) is 0.303. The van der Waals surface area contributed by atoms with E-state index in [-0.39, 0.29) is 90.9 Å². The van der Waals surface area contributed by atoms with Gasteiger partial charge in [0.2, 0.25) is 84.5 Å². The van der Waals surface area contributed by atoms with E-state index in [2.05, 4.69) is 62.8 Å². The van der Waals surface area contributed by atoms with Crippen molar-refractivity contribution in [1.29, 1.82) is 0 Å². The summed E-state index contributed by atoms with van der Waals surface area (Å²) in [5, 5.41) is 48.8. The van der Waals surface area contributed by atoms with Gasteiger partial charge < -0.3 is 54.9 Å². The molecule has 6 N–H and O–H groups in total. The lowest BCUT2D eigenvalue weighted by atomic mass is 9.91. The second-order valence-electron chi connectivity index (χ2n) is 29.7. The number of benzene rings is 8. The van der Waals surface area contributed by atoms with Gasteiger partial charge in [0.1, 0.15) is 45.3 Å². The van der Waals surface area contributed by atoms with E-state index in [1.165, 1.54) is 0 Å². The van der Waals surface area contributed by atoms with E-state index in [1.807, 2.05) is 97.1 Å². The Morgan fingerprint density at radius 1 is 0.262 bits per heavy atom. The van der Waals surface area contributed by atoms with Crippen molar-refractivity contribution in [1.82, 2.24) is 62.8 Å². The number of piperidine rings is 6. The van der Waals surface area contributed by atoms with Crippen LogP contribution in [0.4, 0.5) is 0 Å². The largest absolute Gasteiger partial charge is 0.464 e. The van der Waals surface area contributed by atoms with Crippen molar-refractivity contribution in [2.75, 3.05) is 13.6 Å². The summed E-state index contributed by atoms with van der Waals surface area (Å²) in [5.74, 6) is -3.81. The van der Waals surface area contributed by atoms with Crippen LogP contribution in [-0.4, -0.2) is 115 Å². The van der Waals surface area contributed by atoms with Crippen molar-refractivity contribution in [2.45, 2.75) is 113 Å². The zero-order valence-corrected chi connectivity index (χ0v) is 63.7. The van der Waals surface area contributed by atoms with E-state index >= 15 is 0 Å². The van der Waals surface area contributed by atoms with Gasteiger partial charge in [0.05, 0.1) is 64.2 Å². The van der Waals surface area contributed by atoms with Gasteiger partial charge in [0, 0.05) is 77.6 Å². The first-order valence-electron chi connectivity index (χ1n) is 38.8. The van der Waals surface area contributed by atoms with Gasteiger partial charge in [0.15, 0.2) is 56.5 Å². The minimum absolute atomic E-state index is 0.133. The molecule has 6 saturated heterocycles. The lowest BCUT2D eigenvalue weighted by molar-refractivity contribution is -0.136. The molecule has 122 heavy (non-hydrogen) atoms. The summed E-state index contributed by atoms with van der Waals surface area (Å²) < 4.78 is 63.9. The predicted molar refractivity (Wildman–Crippen MR) is 422 cm³/mol. The minimum Gasteiger partial charge on any atom is -0.464 e. The molecule has 16 aromatic rings. The molecule has 24 rings (SSSR count). The second-order valence-corrected chi connectivity index (χ2v) is 29.7. The molecule has 0 radical (unpaired) electrons. The quantitative estimate of drug-likeness (QED) is 0.0842. The molecule has 0 saturated carbocycles. The van der Waals surface area contributed by atoms with Crippen LogP contribution < -0.4 is 50.8 Å². The Kier molecular flexibility index (Phi) is 19.7. The highest BCUT2D eigenvalue weighted by Gasteiger charge is 2.40. The number of imide groups is 6. The fourth-order valence-corrected chi connectivity index (χ4v) is 16.2. The minimum atomic E-state index is -0.510. The highest BCUT2D eigenvalue weighted by atomic mass is 16.7. The first-order chi connectivity index (χ1) is 59.4. The number of amides is 12. The maximum atomic E-state index is 12.1. The van der Waals surface area contributed by atoms with Crippen molar-refractivity contribution in [3.63, 3.8) is 0 Å². The van der Waals surface area contributed by atoms with Gasteiger partial charge in [-0.25, -0.2) is 0 Å². The number of carbonyl (C=O) groups is 12. The van der Waals surface area contributed by atoms with Crippen molar-refractivity contribution in [3.05, 3.63) is 180 Å². The molecule has 8 aliphatic heterocycles. The first-order valence-corrected chi connectivity index (χ1v) is 38.8. The average Bonchev–Trinajstić information content (AvgIpc) is 1.60. The number of hydrogen-bond acceptors (Lipinski definition) is 30. The summed E-state index contributed by atoms with van der Waals surface area (Å²) in [7, 11) is 0. The molecule has 36 nitrogen and oxygen atoms in total. The lowest BCUT2D eigenvalue weighted by Gasteiger charge is -2.19. The third-order valence-corrected chi connectivity index (χ3v) is 22.3. The molecule has 8 aromatic heterocycles. The van der Waals surface area contributed by atoms with Gasteiger partial charge in [-0.05, 0) is 127 Å². The summed E-state index contributed by atoms with van der Waals surface area (Å²) in [6.07, 6.45) is 7.73. The molecular formula is C86H64N12O24. The second kappa shape index (κ2) is 31.6. The monoisotopic (exact) mass is 1650 g/mol. The number of nitrogens with one attached hydrogen (secondary N) is 6. The third kappa shape index (κ3) is 14.4. The molecule has 612 valence electrons. The highest BCUT2D eigenvalue weighted by molar-refractivity contribution is 6.12. The predicted octanol–water partition coefficient (Wildman–Crippen LogP) is 11.3. The van der Waals surface area contributed by atoms with E-state index in [0.717, 1.165) is 48.5 Å². The maximum absolute atomic E-state index is 12.1.